The van der Waals surface area contributed by atoms with E-state index in [-0.39, 0.29) is 17.6 Å². The summed E-state index contributed by atoms with van der Waals surface area (Å²) in [7, 11) is 0. The number of carbonyl (C=O) groups is 1. The van der Waals surface area contributed by atoms with Gasteiger partial charge in [0.15, 0.2) is 0 Å². The van der Waals surface area contributed by atoms with E-state index >= 15 is 0 Å². The van der Waals surface area contributed by atoms with E-state index in [2.05, 4.69) is 12.2 Å². The first-order valence-electron chi connectivity index (χ1n) is 6.35. The van der Waals surface area contributed by atoms with Gasteiger partial charge in [-0.2, -0.15) is 0 Å². The van der Waals surface area contributed by atoms with Gasteiger partial charge in [-0.1, -0.05) is 18.5 Å². The second kappa shape index (κ2) is 5.61. The molecule has 0 bridgehead atoms. The van der Waals surface area contributed by atoms with Crippen molar-refractivity contribution in [3.05, 3.63) is 23.2 Å². The first-order valence-corrected chi connectivity index (χ1v) is 6.73. The second-order valence-corrected chi connectivity index (χ2v) is 5.52. The first-order chi connectivity index (χ1) is 8.56. The van der Waals surface area contributed by atoms with E-state index in [1.807, 2.05) is 0 Å². The highest BCUT2D eigenvalue weighted by atomic mass is 35.5. The molecule has 0 aliphatic heterocycles. The van der Waals surface area contributed by atoms with Crippen molar-refractivity contribution < 1.29 is 9.90 Å². The van der Waals surface area contributed by atoms with Gasteiger partial charge in [0.05, 0.1) is 5.02 Å². The van der Waals surface area contributed by atoms with Crippen LogP contribution in [0.15, 0.2) is 18.2 Å². The molecular formula is C14H18ClNO2. The number of anilines is 1. The molecule has 18 heavy (non-hydrogen) atoms. The fourth-order valence-corrected chi connectivity index (χ4v) is 2.47. The fraction of sp³-hybridized carbons (Fsp3) is 0.500. The summed E-state index contributed by atoms with van der Waals surface area (Å²) >= 11 is 5.72. The minimum atomic E-state index is -0.00765. The Morgan fingerprint density at radius 1 is 1.33 bits per heavy atom. The molecule has 3 nitrogen and oxygen atoms in total. The third-order valence-corrected chi connectivity index (χ3v) is 3.92. The number of aromatic hydroxyl groups is 1. The minimum Gasteiger partial charge on any atom is -0.506 e. The highest BCUT2D eigenvalue weighted by Gasteiger charge is 2.24. The van der Waals surface area contributed by atoms with Gasteiger partial charge in [0, 0.05) is 17.7 Å². The Bertz CT molecular complexity index is 439. The van der Waals surface area contributed by atoms with E-state index < -0.39 is 0 Å². The largest absolute Gasteiger partial charge is 0.506 e. The van der Waals surface area contributed by atoms with E-state index in [4.69, 9.17) is 11.6 Å². The average Bonchev–Trinajstić information content (AvgIpc) is 2.34. The highest BCUT2D eigenvalue weighted by Crippen LogP contribution is 2.30. The van der Waals surface area contributed by atoms with Crippen LogP contribution in [0.25, 0.3) is 0 Å². The maximum Gasteiger partial charge on any atom is 0.227 e. The van der Waals surface area contributed by atoms with E-state index in [0.29, 0.717) is 10.7 Å². The summed E-state index contributed by atoms with van der Waals surface area (Å²) in [5, 5.41) is 12.6. The van der Waals surface area contributed by atoms with E-state index in [1.165, 1.54) is 6.07 Å². The van der Waals surface area contributed by atoms with Crippen LogP contribution in [0.4, 0.5) is 5.69 Å². The van der Waals surface area contributed by atoms with Crippen molar-refractivity contribution in [2.45, 2.75) is 32.6 Å². The number of halogens is 1. The Morgan fingerprint density at radius 2 is 2.00 bits per heavy atom. The molecule has 1 aromatic rings. The maximum atomic E-state index is 12.0. The van der Waals surface area contributed by atoms with Gasteiger partial charge in [-0.05, 0) is 43.7 Å². The second-order valence-electron chi connectivity index (χ2n) is 5.11. The van der Waals surface area contributed by atoms with Crippen molar-refractivity contribution in [1.82, 2.24) is 0 Å². The molecule has 0 saturated heterocycles. The molecule has 1 amide bonds. The van der Waals surface area contributed by atoms with Gasteiger partial charge < -0.3 is 10.4 Å². The first kappa shape index (κ1) is 13.2. The molecule has 1 aliphatic carbocycles. The Balaban J connectivity index is 1.96. The zero-order chi connectivity index (χ0) is 13.1. The summed E-state index contributed by atoms with van der Waals surface area (Å²) in [6.45, 7) is 2.23. The zero-order valence-corrected chi connectivity index (χ0v) is 11.2. The monoisotopic (exact) mass is 267 g/mol. The summed E-state index contributed by atoms with van der Waals surface area (Å²) in [5.41, 5.74) is 0.598. The lowest BCUT2D eigenvalue weighted by Gasteiger charge is -2.25. The molecule has 0 heterocycles. The van der Waals surface area contributed by atoms with Gasteiger partial charge >= 0.3 is 0 Å². The van der Waals surface area contributed by atoms with Crippen LogP contribution >= 0.6 is 11.6 Å². The third kappa shape index (κ3) is 3.16. The number of carbonyl (C=O) groups excluding carboxylic acids is 1. The van der Waals surface area contributed by atoms with Crippen LogP contribution in [0.3, 0.4) is 0 Å². The lowest BCUT2D eigenvalue weighted by molar-refractivity contribution is -0.121. The SMILES string of the molecule is CC1CCC(C(=O)Nc2ccc(Cl)c(O)c2)CC1. The van der Waals surface area contributed by atoms with Gasteiger partial charge in [0.1, 0.15) is 5.75 Å². The summed E-state index contributed by atoms with van der Waals surface area (Å²) < 4.78 is 0. The van der Waals surface area contributed by atoms with E-state index in [9.17, 15) is 9.90 Å². The Kier molecular flexibility index (Phi) is 4.12. The number of rotatable bonds is 2. The van der Waals surface area contributed by atoms with Crippen molar-refractivity contribution in [2.75, 3.05) is 5.32 Å². The molecule has 98 valence electrons. The van der Waals surface area contributed by atoms with E-state index in [1.54, 1.807) is 12.1 Å². The fourth-order valence-electron chi connectivity index (χ4n) is 2.36. The molecule has 2 rings (SSSR count). The molecule has 0 spiro atoms. The van der Waals surface area contributed by atoms with Crippen LogP contribution in [-0.4, -0.2) is 11.0 Å². The van der Waals surface area contributed by atoms with Crippen LogP contribution in [0.1, 0.15) is 32.6 Å². The predicted molar refractivity (Wildman–Crippen MR) is 72.9 cm³/mol. The summed E-state index contributed by atoms with van der Waals surface area (Å²) in [6, 6.07) is 4.76. The molecule has 1 aromatic carbocycles. The van der Waals surface area contributed by atoms with Gasteiger partial charge in [-0.15, -0.1) is 0 Å². The molecule has 0 aromatic heterocycles. The van der Waals surface area contributed by atoms with Crippen molar-refractivity contribution in [3.8, 4) is 5.75 Å². The summed E-state index contributed by atoms with van der Waals surface area (Å²) in [6.07, 6.45) is 4.13. The van der Waals surface area contributed by atoms with Crippen molar-refractivity contribution >= 4 is 23.2 Å². The highest BCUT2D eigenvalue weighted by molar-refractivity contribution is 6.32. The summed E-state index contributed by atoms with van der Waals surface area (Å²) in [5.74, 6) is 0.864. The van der Waals surface area contributed by atoms with Crippen LogP contribution < -0.4 is 5.32 Å². The maximum absolute atomic E-state index is 12.0. The normalized spacial score (nSPS) is 23.7. The lowest BCUT2D eigenvalue weighted by Crippen LogP contribution is -2.26. The van der Waals surface area contributed by atoms with Gasteiger partial charge in [0.2, 0.25) is 5.91 Å². The average molecular weight is 268 g/mol. The topological polar surface area (TPSA) is 49.3 Å². The molecular weight excluding hydrogens is 250 g/mol. The summed E-state index contributed by atoms with van der Waals surface area (Å²) in [4.78, 5) is 12.0. The molecule has 0 atom stereocenters. The lowest BCUT2D eigenvalue weighted by atomic mass is 9.82. The number of nitrogens with one attached hydrogen (secondary N) is 1. The Hall–Kier alpha value is -1.22. The number of phenolic OH excluding ortho intramolecular Hbond substituents is 1. The number of benzene rings is 1. The number of amides is 1. The molecule has 1 aliphatic rings. The van der Waals surface area contributed by atoms with Crippen molar-refractivity contribution in [2.24, 2.45) is 11.8 Å². The van der Waals surface area contributed by atoms with Crippen LogP contribution in [0.5, 0.6) is 5.75 Å². The number of hydrogen-bond acceptors (Lipinski definition) is 2. The minimum absolute atomic E-state index is 0.00765. The van der Waals surface area contributed by atoms with Crippen LogP contribution in [0.2, 0.25) is 5.02 Å². The number of hydrogen-bond donors (Lipinski definition) is 2. The van der Waals surface area contributed by atoms with Gasteiger partial charge in [-0.25, -0.2) is 0 Å². The predicted octanol–water partition coefficient (Wildman–Crippen LogP) is 3.81. The Labute approximate surface area is 112 Å². The van der Waals surface area contributed by atoms with E-state index in [0.717, 1.165) is 31.6 Å². The molecule has 0 unspecified atom stereocenters. The Morgan fingerprint density at radius 3 is 2.61 bits per heavy atom. The van der Waals surface area contributed by atoms with Crippen LogP contribution in [0, 0.1) is 11.8 Å². The van der Waals surface area contributed by atoms with Crippen LogP contribution in [-0.2, 0) is 4.79 Å². The molecule has 4 heteroatoms. The standard InChI is InChI=1S/C14H18ClNO2/c1-9-2-4-10(5-3-9)14(18)16-11-6-7-12(15)13(17)8-11/h6-10,17H,2-5H2,1H3,(H,16,18). The quantitative estimate of drug-likeness (QED) is 0.856. The van der Waals surface area contributed by atoms with Gasteiger partial charge in [0.25, 0.3) is 0 Å². The molecule has 1 saturated carbocycles. The smallest absolute Gasteiger partial charge is 0.227 e. The van der Waals surface area contributed by atoms with Crippen molar-refractivity contribution in [1.29, 1.82) is 0 Å². The van der Waals surface area contributed by atoms with Crippen molar-refractivity contribution in [3.63, 3.8) is 0 Å². The third-order valence-electron chi connectivity index (χ3n) is 3.60. The molecule has 0 radical (unpaired) electrons. The molecule has 1 fully saturated rings. The number of phenols is 1. The zero-order valence-electron chi connectivity index (χ0n) is 10.4. The van der Waals surface area contributed by atoms with Gasteiger partial charge in [-0.3, -0.25) is 4.79 Å². The molecule has 2 N–H and O–H groups in total.